The standard InChI is InChI=1S/C26H26N4O4/c1-33-20-10-8-17(9-11-20)21-14-22(24-7-4-12-34-24)30(28-21)25(31)16-29-15-19-6-3-2-5-18(19)13-23(29)26(27)32/h2-12,22-23H,13-16H2,1H3,(H2,27,32)/t22-,23-/m0/s1. The molecule has 1 aromatic heterocycles. The van der Waals surface area contributed by atoms with E-state index in [0.717, 1.165) is 28.2 Å². The average Bonchev–Trinajstić information content (AvgIpc) is 3.54. The molecule has 0 spiro atoms. The highest BCUT2D eigenvalue weighted by Gasteiger charge is 2.38. The van der Waals surface area contributed by atoms with E-state index in [-0.39, 0.29) is 18.5 Å². The molecule has 5 rings (SSSR count). The third-order valence-corrected chi connectivity index (χ3v) is 6.47. The average molecular weight is 459 g/mol. The zero-order valence-electron chi connectivity index (χ0n) is 18.9. The molecule has 8 nitrogen and oxygen atoms in total. The monoisotopic (exact) mass is 458 g/mol. The lowest BCUT2D eigenvalue weighted by Crippen LogP contribution is -2.51. The molecular weight excluding hydrogens is 432 g/mol. The van der Waals surface area contributed by atoms with Gasteiger partial charge >= 0.3 is 0 Å². The SMILES string of the molecule is COc1ccc(C2=NN(C(=O)CN3Cc4ccccc4C[C@H]3C(N)=O)[C@H](c3ccco3)C2)cc1. The second kappa shape index (κ2) is 9.15. The third-order valence-electron chi connectivity index (χ3n) is 6.47. The van der Waals surface area contributed by atoms with Crippen LogP contribution in [-0.4, -0.2) is 47.1 Å². The summed E-state index contributed by atoms with van der Waals surface area (Å²) in [5.74, 6) is 0.765. The molecule has 0 saturated carbocycles. The lowest BCUT2D eigenvalue weighted by molar-refractivity contribution is -0.136. The van der Waals surface area contributed by atoms with Gasteiger partial charge in [-0.15, -0.1) is 0 Å². The Balaban J connectivity index is 1.41. The van der Waals surface area contributed by atoms with Gasteiger partial charge in [0.25, 0.3) is 5.91 Å². The molecule has 3 heterocycles. The Morgan fingerprint density at radius 1 is 1.06 bits per heavy atom. The van der Waals surface area contributed by atoms with Crippen LogP contribution in [0.15, 0.2) is 76.4 Å². The normalized spacial score (nSPS) is 20.0. The van der Waals surface area contributed by atoms with Gasteiger partial charge in [0.05, 0.1) is 31.7 Å². The van der Waals surface area contributed by atoms with Crippen molar-refractivity contribution in [2.75, 3.05) is 13.7 Å². The fourth-order valence-corrected chi connectivity index (χ4v) is 4.67. The summed E-state index contributed by atoms with van der Waals surface area (Å²) >= 11 is 0. The number of fused-ring (bicyclic) bond motifs is 1. The summed E-state index contributed by atoms with van der Waals surface area (Å²) < 4.78 is 10.9. The number of hydrogen-bond donors (Lipinski definition) is 1. The van der Waals surface area contributed by atoms with Crippen LogP contribution in [0.5, 0.6) is 5.75 Å². The Bertz CT molecular complexity index is 1220. The van der Waals surface area contributed by atoms with Crippen LogP contribution in [0.1, 0.15) is 34.9 Å². The minimum atomic E-state index is -0.548. The van der Waals surface area contributed by atoms with E-state index in [0.29, 0.717) is 25.1 Å². The van der Waals surface area contributed by atoms with Crippen molar-refractivity contribution in [2.45, 2.75) is 31.5 Å². The van der Waals surface area contributed by atoms with Gasteiger partial charge in [-0.25, -0.2) is 5.01 Å². The summed E-state index contributed by atoms with van der Waals surface area (Å²) in [5, 5.41) is 6.17. The second-order valence-electron chi connectivity index (χ2n) is 8.54. The van der Waals surface area contributed by atoms with Crippen molar-refractivity contribution < 1.29 is 18.7 Å². The smallest absolute Gasteiger partial charge is 0.257 e. The largest absolute Gasteiger partial charge is 0.497 e. The first-order valence-electron chi connectivity index (χ1n) is 11.2. The van der Waals surface area contributed by atoms with Crippen molar-refractivity contribution in [3.8, 4) is 5.75 Å². The number of carbonyl (C=O) groups excluding carboxylic acids is 2. The Hall–Kier alpha value is -3.91. The van der Waals surface area contributed by atoms with E-state index in [9.17, 15) is 9.59 Å². The number of furan rings is 1. The first-order valence-corrected chi connectivity index (χ1v) is 11.2. The van der Waals surface area contributed by atoms with Crippen molar-refractivity contribution in [1.29, 1.82) is 0 Å². The number of amides is 2. The van der Waals surface area contributed by atoms with Crippen LogP contribution in [0.2, 0.25) is 0 Å². The van der Waals surface area contributed by atoms with Crippen LogP contribution in [0, 0.1) is 0 Å². The fourth-order valence-electron chi connectivity index (χ4n) is 4.67. The zero-order chi connectivity index (χ0) is 23.7. The molecule has 2 atom stereocenters. The maximum absolute atomic E-state index is 13.5. The maximum atomic E-state index is 13.5. The van der Waals surface area contributed by atoms with Gasteiger partial charge in [0.2, 0.25) is 5.91 Å². The van der Waals surface area contributed by atoms with E-state index in [1.165, 1.54) is 5.01 Å². The number of ether oxygens (including phenoxy) is 1. The van der Waals surface area contributed by atoms with E-state index in [1.807, 2.05) is 59.5 Å². The van der Waals surface area contributed by atoms with Gasteiger partial charge in [0.15, 0.2) is 0 Å². The number of benzene rings is 2. The molecule has 2 aromatic carbocycles. The number of hydrazone groups is 1. The van der Waals surface area contributed by atoms with Crippen molar-refractivity contribution in [3.05, 3.63) is 89.4 Å². The molecule has 0 radical (unpaired) electrons. The van der Waals surface area contributed by atoms with Gasteiger partial charge in [0.1, 0.15) is 17.6 Å². The van der Waals surface area contributed by atoms with Gasteiger partial charge in [-0.1, -0.05) is 24.3 Å². The molecular formula is C26H26N4O4. The number of methoxy groups -OCH3 is 1. The molecule has 2 aliphatic heterocycles. The van der Waals surface area contributed by atoms with Gasteiger partial charge in [0, 0.05) is 13.0 Å². The number of hydrogen-bond acceptors (Lipinski definition) is 6. The first-order chi connectivity index (χ1) is 16.5. The number of primary amides is 1. The van der Waals surface area contributed by atoms with E-state index in [1.54, 1.807) is 19.4 Å². The molecule has 8 heteroatoms. The predicted molar refractivity (Wildman–Crippen MR) is 126 cm³/mol. The molecule has 174 valence electrons. The van der Waals surface area contributed by atoms with E-state index in [4.69, 9.17) is 14.9 Å². The number of nitrogens with two attached hydrogens (primary N) is 1. The van der Waals surface area contributed by atoms with Crippen LogP contribution in [0.3, 0.4) is 0 Å². The topological polar surface area (TPSA) is 101 Å². The van der Waals surface area contributed by atoms with Crippen molar-refractivity contribution in [2.24, 2.45) is 10.8 Å². The Morgan fingerprint density at radius 2 is 1.82 bits per heavy atom. The molecule has 34 heavy (non-hydrogen) atoms. The summed E-state index contributed by atoms with van der Waals surface area (Å²) in [6.45, 7) is 0.502. The Kier molecular flexibility index (Phi) is 5.90. The summed E-state index contributed by atoms with van der Waals surface area (Å²) in [6, 6.07) is 18.3. The molecule has 0 unspecified atom stereocenters. The van der Waals surface area contributed by atoms with E-state index >= 15 is 0 Å². The molecule has 0 aliphatic carbocycles. The Morgan fingerprint density at radius 3 is 2.50 bits per heavy atom. The quantitative estimate of drug-likeness (QED) is 0.612. The van der Waals surface area contributed by atoms with Crippen molar-refractivity contribution in [3.63, 3.8) is 0 Å². The summed E-state index contributed by atoms with van der Waals surface area (Å²) in [7, 11) is 1.62. The van der Waals surface area contributed by atoms with Gasteiger partial charge in [-0.2, -0.15) is 5.10 Å². The highest BCUT2D eigenvalue weighted by molar-refractivity contribution is 6.03. The minimum absolute atomic E-state index is 0.0263. The van der Waals surface area contributed by atoms with Crippen molar-refractivity contribution in [1.82, 2.24) is 9.91 Å². The fraction of sp³-hybridized carbons (Fsp3) is 0.269. The number of rotatable bonds is 6. The Labute approximate surface area is 197 Å². The predicted octanol–water partition coefficient (Wildman–Crippen LogP) is 2.88. The molecule has 0 saturated heterocycles. The van der Waals surface area contributed by atoms with Gasteiger partial charge in [-0.05, 0) is 59.5 Å². The summed E-state index contributed by atoms with van der Waals surface area (Å²) in [6.07, 6.45) is 2.60. The van der Waals surface area contributed by atoms with Gasteiger partial charge in [-0.3, -0.25) is 14.5 Å². The second-order valence-corrected chi connectivity index (χ2v) is 8.54. The first kappa shape index (κ1) is 21.9. The van der Waals surface area contributed by atoms with Crippen LogP contribution >= 0.6 is 0 Å². The highest BCUT2D eigenvalue weighted by Crippen LogP contribution is 2.34. The summed E-state index contributed by atoms with van der Waals surface area (Å²) in [4.78, 5) is 27.6. The van der Waals surface area contributed by atoms with E-state index < -0.39 is 11.9 Å². The van der Waals surface area contributed by atoms with E-state index in [2.05, 4.69) is 5.10 Å². The molecule has 3 aromatic rings. The minimum Gasteiger partial charge on any atom is -0.497 e. The molecule has 0 fully saturated rings. The molecule has 2 aliphatic rings. The third kappa shape index (κ3) is 4.20. The van der Waals surface area contributed by atoms with Crippen LogP contribution in [0.25, 0.3) is 0 Å². The lowest BCUT2D eigenvalue weighted by atomic mass is 9.93. The van der Waals surface area contributed by atoms with Gasteiger partial charge < -0.3 is 14.9 Å². The zero-order valence-corrected chi connectivity index (χ0v) is 18.9. The molecule has 2 N–H and O–H groups in total. The number of carbonyl (C=O) groups is 2. The number of nitrogens with zero attached hydrogens (tertiary/aromatic N) is 3. The van der Waals surface area contributed by atoms with Crippen molar-refractivity contribution >= 4 is 17.5 Å². The van der Waals surface area contributed by atoms with Crippen LogP contribution in [0.4, 0.5) is 0 Å². The van der Waals surface area contributed by atoms with Crippen LogP contribution in [-0.2, 0) is 22.6 Å². The lowest BCUT2D eigenvalue weighted by Gasteiger charge is -2.35. The summed E-state index contributed by atoms with van der Waals surface area (Å²) in [5.41, 5.74) is 9.59. The van der Waals surface area contributed by atoms with Crippen LogP contribution < -0.4 is 10.5 Å². The highest BCUT2D eigenvalue weighted by atomic mass is 16.5. The molecule has 0 bridgehead atoms. The molecule has 2 amide bonds. The maximum Gasteiger partial charge on any atom is 0.257 e.